The zero-order valence-electron chi connectivity index (χ0n) is 4.06. The average Bonchev–Trinajstić information content (AvgIpc) is 1.00. The van der Waals surface area contributed by atoms with Gasteiger partial charge in [0.1, 0.15) is 0 Å². The molecule has 0 saturated heterocycles. The summed E-state index contributed by atoms with van der Waals surface area (Å²) in [6, 6.07) is 0. The van der Waals surface area contributed by atoms with Crippen LogP contribution in [0.1, 0.15) is 1.43 Å². The van der Waals surface area contributed by atoms with Gasteiger partial charge in [0.15, 0.2) is 0 Å². The zero-order valence-corrected chi connectivity index (χ0v) is 18.8. The standard InChI is InChI=1S/Cs.I2.HI.2V.H/c;1-2;;;;/h;;1H;;;/q+1;;;;+2;-1. The molecule has 0 N–H and O–H groups in total. The maximum absolute atomic E-state index is 2.12. The van der Waals surface area contributed by atoms with Crippen molar-refractivity contribution in [1.29, 1.82) is 0 Å². The van der Waals surface area contributed by atoms with Crippen molar-refractivity contribution in [2.45, 2.75) is 0 Å². The Hall–Kier alpha value is 5.41. The normalized spacial score (nSPS) is 1.00. The van der Waals surface area contributed by atoms with E-state index in [4.69, 9.17) is 0 Å². The van der Waals surface area contributed by atoms with Gasteiger partial charge in [0.2, 0.25) is 0 Å². The van der Waals surface area contributed by atoms with Crippen molar-refractivity contribution in [3.63, 3.8) is 0 Å². The second kappa shape index (κ2) is 31.5. The fourth-order valence-electron chi connectivity index (χ4n) is 0. The summed E-state index contributed by atoms with van der Waals surface area (Å²) in [5, 5.41) is 0. The molecule has 0 aliphatic heterocycles. The number of halogens is 3. The molecule has 0 nitrogen and oxygen atoms in total. The van der Waals surface area contributed by atoms with Gasteiger partial charge in [-0.2, -0.15) is 0 Å². The van der Waals surface area contributed by atoms with Crippen LogP contribution in [0.4, 0.5) is 0 Å². The van der Waals surface area contributed by atoms with Gasteiger partial charge in [0.05, 0.1) is 0 Å². The van der Waals surface area contributed by atoms with Crippen LogP contribution in [-0.2, 0) is 37.1 Å². The van der Waals surface area contributed by atoms with E-state index < -0.39 is 0 Å². The Balaban J connectivity index is -0.000000000500. The predicted octanol–water partition coefficient (Wildman–Crippen LogP) is -0.499. The molecule has 0 heterocycles. The SMILES string of the molecule is I.II.[Cs+].[H-].[V+2].[V]. The molecule has 6 heteroatoms. The third kappa shape index (κ3) is 22.7. The first kappa shape index (κ1) is 30.1. The fraction of sp³-hybridized carbons (Fsp3) is 0. The fourth-order valence-corrected chi connectivity index (χ4v) is 0. The first-order chi connectivity index (χ1) is 1.00. The molecule has 0 saturated carbocycles. The van der Waals surface area contributed by atoms with E-state index in [1.165, 1.54) is 0 Å². The quantitative estimate of drug-likeness (QED) is 0.322. The largest absolute Gasteiger partial charge is 2.00 e. The van der Waals surface area contributed by atoms with Crippen LogP contribution in [0.5, 0.6) is 0 Å². The molecule has 32 valence electrons. The van der Waals surface area contributed by atoms with Gasteiger partial charge in [-0.3, -0.25) is 0 Å². The van der Waals surface area contributed by atoms with E-state index in [1.807, 2.05) is 0 Å². The summed E-state index contributed by atoms with van der Waals surface area (Å²) in [7, 11) is 0. The van der Waals surface area contributed by atoms with Crippen LogP contribution in [-0.4, -0.2) is 0 Å². The van der Waals surface area contributed by atoms with Crippen LogP contribution in [0.2, 0.25) is 0 Å². The Morgan fingerprint density at radius 1 is 1.17 bits per heavy atom. The molecule has 0 unspecified atom stereocenters. The summed E-state index contributed by atoms with van der Waals surface area (Å²) in [6.45, 7) is 0. The Morgan fingerprint density at radius 3 is 1.17 bits per heavy atom. The van der Waals surface area contributed by atoms with Crippen LogP contribution in [0.25, 0.3) is 0 Å². The van der Waals surface area contributed by atoms with Crippen LogP contribution in [0.3, 0.4) is 0 Å². The molecule has 0 aliphatic rings. The van der Waals surface area contributed by atoms with E-state index in [0.29, 0.717) is 0 Å². The number of hydrogen-bond donors (Lipinski definition) is 0. The Kier molecular flexibility index (Phi) is 158. The van der Waals surface area contributed by atoms with E-state index in [9.17, 15) is 0 Å². The van der Waals surface area contributed by atoms with Crippen LogP contribution in [0, 0.1) is 0 Å². The van der Waals surface area contributed by atoms with E-state index in [-0.39, 0.29) is 131 Å². The van der Waals surface area contributed by atoms with Gasteiger partial charge in [-0.1, -0.05) is 0 Å². The van der Waals surface area contributed by atoms with Crippen molar-refractivity contribution >= 4 is 61.2 Å². The molecule has 0 bridgehead atoms. The molecule has 2 radical (unpaired) electrons. The van der Waals surface area contributed by atoms with Crippen molar-refractivity contribution in [3.8, 4) is 0 Å². The van der Waals surface area contributed by atoms with Crippen molar-refractivity contribution in [2.75, 3.05) is 0 Å². The Labute approximate surface area is 163 Å². The van der Waals surface area contributed by atoms with Crippen molar-refractivity contribution in [3.05, 3.63) is 0 Å². The van der Waals surface area contributed by atoms with Gasteiger partial charge in [-0.15, -0.1) is 24.0 Å². The summed E-state index contributed by atoms with van der Waals surface area (Å²) in [4.78, 5) is 0. The molecule has 0 spiro atoms. The minimum Gasteiger partial charge on any atom is -1.00 e. The van der Waals surface area contributed by atoms with Gasteiger partial charge in [0.25, 0.3) is 0 Å². The third-order valence-electron chi connectivity index (χ3n) is 0. The van der Waals surface area contributed by atoms with Crippen molar-refractivity contribution < 1.29 is 107 Å². The third-order valence-corrected chi connectivity index (χ3v) is 0. The summed E-state index contributed by atoms with van der Waals surface area (Å²) >= 11 is 4.24. The summed E-state index contributed by atoms with van der Waals surface area (Å²) in [6.07, 6.45) is 0. The molecule has 0 rings (SSSR count). The molecule has 0 aromatic heterocycles. The first-order valence-electron chi connectivity index (χ1n) is 0.143. The average molecular weight is 618 g/mol. The Morgan fingerprint density at radius 2 is 1.17 bits per heavy atom. The van der Waals surface area contributed by atoms with Gasteiger partial charge in [-0.25, -0.2) is 0 Å². The van der Waals surface area contributed by atoms with Gasteiger partial charge < -0.3 is 1.43 Å². The van der Waals surface area contributed by atoms with Crippen molar-refractivity contribution in [1.82, 2.24) is 0 Å². The molecule has 0 aromatic carbocycles. The van der Waals surface area contributed by atoms with Gasteiger partial charge in [0, 0.05) is 55.8 Å². The molecule has 0 atom stereocenters. The number of rotatable bonds is 0. The van der Waals surface area contributed by atoms with Crippen molar-refractivity contribution in [2.24, 2.45) is 0 Å². The second-order valence-corrected chi connectivity index (χ2v) is 0. The minimum absolute atomic E-state index is 0. The summed E-state index contributed by atoms with van der Waals surface area (Å²) < 4.78 is 0. The molecule has 6 heavy (non-hydrogen) atoms. The van der Waals surface area contributed by atoms with Crippen LogP contribution in [0.15, 0.2) is 0 Å². The topological polar surface area (TPSA) is 0 Å². The van der Waals surface area contributed by atoms with Gasteiger partial charge in [-0.05, 0) is 0 Å². The zero-order chi connectivity index (χ0) is 2.00. The van der Waals surface area contributed by atoms with E-state index >= 15 is 0 Å². The van der Waals surface area contributed by atoms with Gasteiger partial charge >= 0.3 is 87.4 Å². The predicted molar refractivity (Wildman–Crippen MR) is 44.6 cm³/mol. The molecule has 0 fully saturated rings. The second-order valence-electron chi connectivity index (χ2n) is 0. The monoisotopic (exact) mass is 618 g/mol. The Bertz CT molecular complexity index is 12.9. The van der Waals surface area contributed by atoms with E-state index in [0.717, 1.165) is 0 Å². The van der Waals surface area contributed by atoms with E-state index in [1.54, 1.807) is 0 Å². The molecule has 0 aromatic rings. The molecule has 0 aliphatic carbocycles. The molecule has 0 amide bonds. The number of hydrogen-bond acceptors (Lipinski definition) is 0. The maximum Gasteiger partial charge on any atom is 2.00 e. The van der Waals surface area contributed by atoms with E-state index in [2.05, 4.69) is 37.2 Å². The van der Waals surface area contributed by atoms with Crippen LogP contribution < -0.4 is 68.9 Å². The molecular weight excluding hydrogens is 616 g/mol. The minimum atomic E-state index is 0. The smallest absolute Gasteiger partial charge is 1.00 e. The maximum atomic E-state index is 2.12. The summed E-state index contributed by atoms with van der Waals surface area (Å²) in [5.74, 6) is 0. The molecular formula is H2CsI3V2+2. The van der Waals surface area contributed by atoms with Crippen LogP contribution >= 0.6 is 61.2 Å². The first-order valence-corrected chi connectivity index (χ1v) is 6.43. The summed E-state index contributed by atoms with van der Waals surface area (Å²) in [5.41, 5.74) is 0.